The fourth-order valence-electron chi connectivity index (χ4n) is 3.06. The number of hydrogen-bond donors (Lipinski definition) is 2. The highest BCUT2D eigenvalue weighted by molar-refractivity contribution is 7.10. The maximum atomic E-state index is 12.2. The van der Waals surface area contributed by atoms with Gasteiger partial charge in [0, 0.05) is 4.88 Å². The van der Waals surface area contributed by atoms with Crippen molar-refractivity contribution in [2.45, 2.75) is 31.7 Å². The first-order valence-corrected chi connectivity index (χ1v) is 8.76. The van der Waals surface area contributed by atoms with Gasteiger partial charge in [-0.25, -0.2) is 0 Å². The number of amides is 2. The lowest BCUT2D eigenvalue weighted by Crippen LogP contribution is -2.40. The Balaban J connectivity index is 1.56. The van der Waals surface area contributed by atoms with Crippen molar-refractivity contribution < 1.29 is 14.0 Å². The first-order chi connectivity index (χ1) is 11.2. The average molecular weight is 332 g/mol. The Bertz CT molecular complexity index is 631. The molecule has 0 aliphatic heterocycles. The second kappa shape index (κ2) is 7.46. The Labute approximate surface area is 139 Å². The van der Waals surface area contributed by atoms with E-state index in [1.807, 2.05) is 11.4 Å². The number of carbonyl (C=O) groups excluding carboxylic acids is 2. The summed E-state index contributed by atoms with van der Waals surface area (Å²) >= 11 is 1.67. The van der Waals surface area contributed by atoms with Crippen molar-refractivity contribution >= 4 is 23.2 Å². The molecule has 122 valence electrons. The van der Waals surface area contributed by atoms with Gasteiger partial charge in [-0.3, -0.25) is 9.59 Å². The molecule has 1 fully saturated rings. The van der Waals surface area contributed by atoms with Gasteiger partial charge in [-0.1, -0.05) is 18.9 Å². The minimum atomic E-state index is -0.376. The Kier molecular flexibility index (Phi) is 5.12. The molecule has 23 heavy (non-hydrogen) atoms. The number of carbonyl (C=O) groups is 2. The monoisotopic (exact) mass is 332 g/mol. The van der Waals surface area contributed by atoms with Gasteiger partial charge in [0.15, 0.2) is 5.76 Å². The number of nitrogens with one attached hydrogen (secondary N) is 2. The van der Waals surface area contributed by atoms with Crippen LogP contribution in [0, 0.1) is 5.92 Å². The summed E-state index contributed by atoms with van der Waals surface area (Å²) in [6, 6.07) is 7.33. The summed E-state index contributed by atoms with van der Waals surface area (Å²) in [5, 5.41) is 7.70. The zero-order chi connectivity index (χ0) is 16.1. The quantitative estimate of drug-likeness (QED) is 0.854. The van der Waals surface area contributed by atoms with E-state index in [1.54, 1.807) is 23.5 Å². The molecule has 0 unspecified atom stereocenters. The van der Waals surface area contributed by atoms with E-state index >= 15 is 0 Å². The second-order valence-corrected chi connectivity index (χ2v) is 6.74. The highest BCUT2D eigenvalue weighted by atomic mass is 32.1. The molecular formula is C17H20N2O3S. The SMILES string of the molecule is O=C(CNC(=O)c1ccco1)N[C@H](c1cccs1)C1CCCC1. The Morgan fingerprint density at radius 2 is 2.09 bits per heavy atom. The summed E-state index contributed by atoms with van der Waals surface area (Å²) < 4.78 is 5.01. The Morgan fingerprint density at radius 3 is 2.74 bits per heavy atom. The third-order valence-corrected chi connectivity index (χ3v) is 5.15. The van der Waals surface area contributed by atoms with E-state index in [0.717, 1.165) is 12.8 Å². The normalized spacial score (nSPS) is 16.2. The van der Waals surface area contributed by atoms with E-state index in [4.69, 9.17) is 4.42 Å². The standard InChI is InChI=1S/C17H20N2O3S/c20-15(11-18-17(21)13-7-3-9-22-13)19-16(12-5-1-2-6-12)14-8-4-10-23-14/h3-4,7-10,12,16H,1-2,5-6,11H2,(H,18,21)(H,19,20)/t16-/m0/s1. The third kappa shape index (κ3) is 4.01. The van der Waals surface area contributed by atoms with Crippen molar-refractivity contribution in [3.8, 4) is 0 Å². The van der Waals surface area contributed by atoms with Gasteiger partial charge in [-0.2, -0.15) is 0 Å². The van der Waals surface area contributed by atoms with E-state index in [2.05, 4.69) is 16.7 Å². The molecule has 2 aromatic rings. The minimum absolute atomic E-state index is 0.0468. The van der Waals surface area contributed by atoms with Gasteiger partial charge in [0.05, 0.1) is 18.8 Å². The molecule has 5 nitrogen and oxygen atoms in total. The lowest BCUT2D eigenvalue weighted by Gasteiger charge is -2.23. The van der Waals surface area contributed by atoms with Crippen LogP contribution in [0.25, 0.3) is 0 Å². The molecule has 2 heterocycles. The average Bonchev–Trinajstić information content (AvgIpc) is 3.33. The van der Waals surface area contributed by atoms with E-state index in [-0.39, 0.29) is 30.2 Å². The third-order valence-electron chi connectivity index (χ3n) is 4.19. The topological polar surface area (TPSA) is 71.3 Å². The van der Waals surface area contributed by atoms with Crippen LogP contribution in [-0.4, -0.2) is 18.4 Å². The van der Waals surface area contributed by atoms with Gasteiger partial charge in [0.25, 0.3) is 5.91 Å². The lowest BCUT2D eigenvalue weighted by molar-refractivity contribution is -0.121. The molecule has 0 bridgehead atoms. The van der Waals surface area contributed by atoms with Gasteiger partial charge in [-0.05, 0) is 42.3 Å². The largest absolute Gasteiger partial charge is 0.459 e. The van der Waals surface area contributed by atoms with Gasteiger partial charge >= 0.3 is 0 Å². The maximum absolute atomic E-state index is 12.2. The molecule has 0 aromatic carbocycles. The van der Waals surface area contributed by atoms with E-state index in [0.29, 0.717) is 5.92 Å². The summed E-state index contributed by atoms with van der Waals surface area (Å²) in [4.78, 5) is 25.2. The molecular weight excluding hydrogens is 312 g/mol. The fourth-order valence-corrected chi connectivity index (χ4v) is 3.93. The van der Waals surface area contributed by atoms with Crippen LogP contribution in [-0.2, 0) is 4.79 Å². The highest BCUT2D eigenvalue weighted by Crippen LogP contribution is 2.37. The van der Waals surface area contributed by atoms with Crippen LogP contribution in [0.3, 0.4) is 0 Å². The fraction of sp³-hybridized carbons (Fsp3) is 0.412. The van der Waals surface area contributed by atoms with Crippen molar-refractivity contribution in [1.29, 1.82) is 0 Å². The molecule has 0 saturated heterocycles. The molecule has 2 aromatic heterocycles. The molecule has 1 atom stereocenters. The number of furan rings is 1. The molecule has 6 heteroatoms. The lowest BCUT2D eigenvalue weighted by atomic mass is 9.96. The zero-order valence-electron chi connectivity index (χ0n) is 12.8. The van der Waals surface area contributed by atoms with E-state index in [9.17, 15) is 9.59 Å². The summed E-state index contributed by atoms with van der Waals surface area (Å²) in [6.07, 6.45) is 6.15. The Morgan fingerprint density at radius 1 is 1.26 bits per heavy atom. The number of rotatable bonds is 6. The highest BCUT2D eigenvalue weighted by Gasteiger charge is 2.28. The van der Waals surface area contributed by atoms with Gasteiger partial charge < -0.3 is 15.1 Å². The molecule has 1 aliphatic rings. The van der Waals surface area contributed by atoms with Crippen LogP contribution in [0.4, 0.5) is 0 Å². The molecule has 0 spiro atoms. The van der Waals surface area contributed by atoms with Crippen LogP contribution < -0.4 is 10.6 Å². The predicted octanol–water partition coefficient (Wildman–Crippen LogP) is 3.12. The first kappa shape index (κ1) is 15.8. The zero-order valence-corrected chi connectivity index (χ0v) is 13.6. The molecule has 3 rings (SSSR count). The van der Waals surface area contributed by atoms with E-state index < -0.39 is 0 Å². The smallest absolute Gasteiger partial charge is 0.287 e. The van der Waals surface area contributed by atoms with Crippen LogP contribution in [0.15, 0.2) is 40.3 Å². The van der Waals surface area contributed by atoms with Gasteiger partial charge in [-0.15, -0.1) is 11.3 Å². The summed E-state index contributed by atoms with van der Waals surface area (Å²) in [6.45, 7) is -0.0475. The van der Waals surface area contributed by atoms with Gasteiger partial charge in [0.2, 0.25) is 5.91 Å². The second-order valence-electron chi connectivity index (χ2n) is 5.77. The van der Waals surface area contributed by atoms with Crippen molar-refractivity contribution in [2.24, 2.45) is 5.92 Å². The predicted molar refractivity (Wildman–Crippen MR) is 88.2 cm³/mol. The van der Waals surface area contributed by atoms with Crippen molar-refractivity contribution in [3.05, 3.63) is 46.5 Å². The summed E-state index contributed by atoms with van der Waals surface area (Å²) in [5.74, 6) is 0.149. The maximum Gasteiger partial charge on any atom is 0.287 e. The minimum Gasteiger partial charge on any atom is -0.459 e. The molecule has 1 aliphatic carbocycles. The van der Waals surface area contributed by atoms with Crippen molar-refractivity contribution in [2.75, 3.05) is 6.54 Å². The van der Waals surface area contributed by atoms with Crippen LogP contribution in [0.1, 0.15) is 47.2 Å². The van der Waals surface area contributed by atoms with E-state index in [1.165, 1.54) is 24.0 Å². The number of thiophene rings is 1. The number of hydrogen-bond acceptors (Lipinski definition) is 4. The van der Waals surface area contributed by atoms with Crippen LogP contribution in [0.2, 0.25) is 0 Å². The first-order valence-electron chi connectivity index (χ1n) is 7.88. The van der Waals surface area contributed by atoms with Crippen molar-refractivity contribution in [3.63, 3.8) is 0 Å². The van der Waals surface area contributed by atoms with Crippen molar-refractivity contribution in [1.82, 2.24) is 10.6 Å². The Hall–Kier alpha value is -2.08. The molecule has 2 amide bonds. The van der Waals surface area contributed by atoms with Gasteiger partial charge in [0.1, 0.15) is 0 Å². The molecule has 2 N–H and O–H groups in total. The molecule has 1 saturated carbocycles. The molecule has 0 radical (unpaired) electrons. The van der Waals surface area contributed by atoms with Crippen LogP contribution >= 0.6 is 11.3 Å². The van der Waals surface area contributed by atoms with Crippen LogP contribution in [0.5, 0.6) is 0 Å². The summed E-state index contributed by atoms with van der Waals surface area (Å²) in [5.41, 5.74) is 0. The summed E-state index contributed by atoms with van der Waals surface area (Å²) in [7, 11) is 0.